The van der Waals surface area contributed by atoms with Crippen LogP contribution < -0.4 is 10.6 Å². The minimum atomic E-state index is 0. The van der Waals surface area contributed by atoms with Crippen LogP contribution in [0.15, 0.2) is 28.8 Å². The number of halogens is 1. The van der Waals surface area contributed by atoms with E-state index in [0.717, 1.165) is 31.2 Å². The van der Waals surface area contributed by atoms with Crippen molar-refractivity contribution in [1.82, 2.24) is 25.4 Å². The first-order chi connectivity index (χ1) is 10.7. The van der Waals surface area contributed by atoms with Gasteiger partial charge in [0.15, 0.2) is 5.96 Å². The third-order valence-electron chi connectivity index (χ3n) is 3.14. The summed E-state index contributed by atoms with van der Waals surface area (Å²) in [5.74, 6) is 1.29. The lowest BCUT2D eigenvalue weighted by Gasteiger charge is -2.11. The van der Waals surface area contributed by atoms with Crippen LogP contribution in [-0.2, 0) is 13.1 Å². The summed E-state index contributed by atoms with van der Waals surface area (Å²) in [5, 5.41) is 14.1. The second-order valence-corrected chi connectivity index (χ2v) is 6.20. The van der Waals surface area contributed by atoms with E-state index in [1.54, 1.807) is 24.6 Å². The van der Waals surface area contributed by atoms with Gasteiger partial charge in [-0.2, -0.15) is 5.10 Å². The molecule has 0 aliphatic rings. The molecule has 0 fully saturated rings. The number of hydrogen-bond acceptors (Lipinski definition) is 4. The fourth-order valence-electron chi connectivity index (χ4n) is 1.94. The summed E-state index contributed by atoms with van der Waals surface area (Å²) in [6.45, 7) is 6.78. The topological polar surface area (TPSA) is 67.1 Å². The van der Waals surface area contributed by atoms with Crippen molar-refractivity contribution in [2.24, 2.45) is 4.99 Å². The van der Waals surface area contributed by atoms with Crippen LogP contribution in [0, 0.1) is 0 Å². The van der Waals surface area contributed by atoms with Crippen LogP contribution in [0.1, 0.15) is 36.9 Å². The normalized spacial score (nSPS) is 11.4. The van der Waals surface area contributed by atoms with Crippen LogP contribution in [0.3, 0.4) is 0 Å². The van der Waals surface area contributed by atoms with Gasteiger partial charge in [0.05, 0.1) is 17.2 Å². The van der Waals surface area contributed by atoms with Gasteiger partial charge in [0, 0.05) is 43.8 Å². The lowest BCUT2D eigenvalue weighted by atomic mass is 10.2. The van der Waals surface area contributed by atoms with E-state index >= 15 is 0 Å². The summed E-state index contributed by atoms with van der Waals surface area (Å²) in [6, 6.07) is 1.94. The fraction of sp³-hybridized carbons (Fsp3) is 0.533. The highest BCUT2D eigenvalue weighted by Gasteiger charge is 2.06. The third kappa shape index (κ3) is 6.86. The lowest BCUT2D eigenvalue weighted by Crippen LogP contribution is -2.37. The molecule has 0 aliphatic heterocycles. The predicted molar refractivity (Wildman–Crippen MR) is 107 cm³/mol. The maximum atomic E-state index is 4.61. The van der Waals surface area contributed by atoms with Crippen molar-refractivity contribution in [3.05, 3.63) is 34.5 Å². The predicted octanol–water partition coefficient (Wildman–Crippen LogP) is 2.84. The Kier molecular flexibility index (Phi) is 9.15. The molecule has 2 heterocycles. The summed E-state index contributed by atoms with van der Waals surface area (Å²) in [7, 11) is 1.78. The van der Waals surface area contributed by atoms with E-state index in [1.165, 1.54) is 5.01 Å². The number of hydrogen-bond donors (Lipinski definition) is 2. The standard InChI is InChI=1S/C15H24N6S.HI/c1-12(2)14-20-13(11-22-14)10-18-15(16-3)17-6-4-8-21-9-5-7-19-21;/h5,7,9,11-12H,4,6,8,10H2,1-3H3,(H2,16,17,18);1H. The highest BCUT2D eigenvalue weighted by molar-refractivity contribution is 14.0. The Morgan fingerprint density at radius 1 is 1.39 bits per heavy atom. The van der Waals surface area contributed by atoms with E-state index in [2.05, 4.69) is 44.9 Å². The van der Waals surface area contributed by atoms with Crippen molar-refractivity contribution < 1.29 is 0 Å². The Hall–Kier alpha value is -1.16. The Morgan fingerprint density at radius 3 is 2.83 bits per heavy atom. The zero-order valence-corrected chi connectivity index (χ0v) is 17.0. The van der Waals surface area contributed by atoms with Gasteiger partial charge >= 0.3 is 0 Å². The van der Waals surface area contributed by atoms with Gasteiger partial charge in [0.1, 0.15) is 0 Å². The van der Waals surface area contributed by atoms with E-state index < -0.39 is 0 Å². The van der Waals surface area contributed by atoms with Crippen LogP contribution in [0.5, 0.6) is 0 Å². The molecule has 2 N–H and O–H groups in total. The molecule has 2 rings (SSSR count). The number of aryl methyl sites for hydroxylation is 1. The van der Waals surface area contributed by atoms with Crippen molar-refractivity contribution >= 4 is 41.3 Å². The monoisotopic (exact) mass is 448 g/mol. The van der Waals surface area contributed by atoms with Crippen molar-refractivity contribution in [3.63, 3.8) is 0 Å². The summed E-state index contributed by atoms with van der Waals surface area (Å²) in [6.07, 6.45) is 4.77. The van der Waals surface area contributed by atoms with Crippen LogP contribution >= 0.6 is 35.3 Å². The molecule has 23 heavy (non-hydrogen) atoms. The van der Waals surface area contributed by atoms with Crippen molar-refractivity contribution in [2.75, 3.05) is 13.6 Å². The van der Waals surface area contributed by atoms with E-state index in [0.29, 0.717) is 12.5 Å². The van der Waals surface area contributed by atoms with Gasteiger partial charge in [0.25, 0.3) is 0 Å². The maximum absolute atomic E-state index is 4.61. The van der Waals surface area contributed by atoms with E-state index in [4.69, 9.17) is 0 Å². The van der Waals surface area contributed by atoms with Crippen molar-refractivity contribution in [3.8, 4) is 0 Å². The third-order valence-corrected chi connectivity index (χ3v) is 4.33. The van der Waals surface area contributed by atoms with Gasteiger partial charge in [-0.1, -0.05) is 13.8 Å². The van der Waals surface area contributed by atoms with Gasteiger partial charge in [-0.25, -0.2) is 4.98 Å². The zero-order valence-electron chi connectivity index (χ0n) is 13.8. The highest BCUT2D eigenvalue weighted by atomic mass is 127. The Morgan fingerprint density at radius 2 is 2.22 bits per heavy atom. The molecule has 0 unspecified atom stereocenters. The smallest absolute Gasteiger partial charge is 0.191 e. The summed E-state index contributed by atoms with van der Waals surface area (Å²) < 4.78 is 1.93. The van der Waals surface area contributed by atoms with E-state index in [1.807, 2.05) is 16.9 Å². The molecule has 0 spiro atoms. The number of rotatable bonds is 7. The maximum Gasteiger partial charge on any atom is 0.191 e. The van der Waals surface area contributed by atoms with Crippen LogP contribution in [0.25, 0.3) is 0 Å². The average molecular weight is 448 g/mol. The molecule has 0 bridgehead atoms. The number of nitrogens with zero attached hydrogens (tertiary/aromatic N) is 4. The lowest BCUT2D eigenvalue weighted by molar-refractivity contribution is 0.570. The Balaban J connectivity index is 0.00000264. The molecule has 0 saturated heterocycles. The fourth-order valence-corrected chi connectivity index (χ4v) is 2.78. The summed E-state index contributed by atoms with van der Waals surface area (Å²) in [4.78, 5) is 8.84. The van der Waals surface area contributed by atoms with E-state index in [-0.39, 0.29) is 24.0 Å². The molecule has 128 valence electrons. The number of aromatic nitrogens is 3. The van der Waals surface area contributed by atoms with Gasteiger partial charge in [-0.05, 0) is 12.5 Å². The summed E-state index contributed by atoms with van der Waals surface area (Å²) in [5.41, 5.74) is 1.06. The van der Waals surface area contributed by atoms with Gasteiger partial charge in [-0.3, -0.25) is 9.67 Å². The van der Waals surface area contributed by atoms with Gasteiger partial charge < -0.3 is 10.6 Å². The second kappa shape index (κ2) is 10.6. The molecule has 0 saturated carbocycles. The van der Waals surface area contributed by atoms with Crippen molar-refractivity contribution in [2.45, 2.75) is 39.3 Å². The number of nitrogens with one attached hydrogen (secondary N) is 2. The van der Waals surface area contributed by atoms with Crippen molar-refractivity contribution in [1.29, 1.82) is 0 Å². The first-order valence-corrected chi connectivity index (χ1v) is 8.43. The zero-order chi connectivity index (χ0) is 15.8. The SMILES string of the molecule is CN=C(NCCCn1cccn1)NCc1csc(C(C)C)n1.I. The number of thiazole rings is 1. The molecule has 0 amide bonds. The minimum absolute atomic E-state index is 0. The van der Waals surface area contributed by atoms with E-state index in [9.17, 15) is 0 Å². The quantitative estimate of drug-likeness (QED) is 0.296. The first-order valence-electron chi connectivity index (χ1n) is 7.55. The molecule has 0 radical (unpaired) electrons. The number of aliphatic imine (C=N–C) groups is 1. The Bertz CT molecular complexity index is 579. The molecule has 8 heteroatoms. The van der Waals surface area contributed by atoms with Crippen LogP contribution in [0.2, 0.25) is 0 Å². The first kappa shape index (κ1) is 19.9. The molecule has 2 aromatic rings. The van der Waals surface area contributed by atoms with Crippen LogP contribution in [0.4, 0.5) is 0 Å². The van der Waals surface area contributed by atoms with Gasteiger partial charge in [0.2, 0.25) is 0 Å². The molecular formula is C15H25IN6S. The average Bonchev–Trinajstić information content (AvgIpc) is 3.18. The summed E-state index contributed by atoms with van der Waals surface area (Å²) >= 11 is 1.72. The largest absolute Gasteiger partial charge is 0.356 e. The molecule has 6 nitrogen and oxygen atoms in total. The van der Waals surface area contributed by atoms with Crippen LogP contribution in [-0.4, -0.2) is 34.3 Å². The number of guanidine groups is 1. The molecule has 0 aliphatic carbocycles. The highest BCUT2D eigenvalue weighted by Crippen LogP contribution is 2.18. The minimum Gasteiger partial charge on any atom is -0.356 e. The van der Waals surface area contributed by atoms with Gasteiger partial charge in [-0.15, -0.1) is 35.3 Å². The Labute approximate surface area is 158 Å². The molecule has 0 aromatic carbocycles. The molecular weight excluding hydrogens is 423 g/mol. The second-order valence-electron chi connectivity index (χ2n) is 5.31. The molecule has 2 aromatic heterocycles. The molecule has 0 atom stereocenters.